The quantitative estimate of drug-likeness (QED) is 0.349. The van der Waals surface area contributed by atoms with Crippen LogP contribution in [0.4, 0.5) is 0 Å². The Morgan fingerprint density at radius 1 is 1.21 bits per heavy atom. The van der Waals surface area contributed by atoms with Gasteiger partial charge in [-0.2, -0.15) is 0 Å². The lowest BCUT2D eigenvalue weighted by Crippen LogP contribution is -2.41. The van der Waals surface area contributed by atoms with Crippen LogP contribution in [0.3, 0.4) is 0 Å². The van der Waals surface area contributed by atoms with Crippen LogP contribution in [0.2, 0.25) is 0 Å². The summed E-state index contributed by atoms with van der Waals surface area (Å²) in [5, 5.41) is 6.23. The molecule has 0 fully saturated rings. The van der Waals surface area contributed by atoms with E-state index in [2.05, 4.69) is 20.3 Å². The van der Waals surface area contributed by atoms with E-state index in [1.165, 1.54) is 0 Å². The number of aliphatic imine (C=N–C) groups is 1. The second-order valence-corrected chi connectivity index (χ2v) is 7.17. The van der Waals surface area contributed by atoms with Crippen molar-refractivity contribution in [1.29, 1.82) is 0 Å². The van der Waals surface area contributed by atoms with Gasteiger partial charge in [0.05, 0.1) is 19.4 Å². The topological polar surface area (TPSA) is 91.8 Å². The Balaban J connectivity index is 2.68. The highest BCUT2D eigenvalue weighted by atomic mass is 32.2. The number of hydrogen-bond donors (Lipinski definition) is 3. The van der Waals surface area contributed by atoms with Crippen LogP contribution < -0.4 is 20.1 Å². The summed E-state index contributed by atoms with van der Waals surface area (Å²) in [6, 6.07) is 6.05. The third-order valence-electron chi connectivity index (χ3n) is 3.06. The van der Waals surface area contributed by atoms with Gasteiger partial charge in [0.1, 0.15) is 5.75 Å². The van der Waals surface area contributed by atoms with E-state index in [1.807, 2.05) is 39.0 Å². The molecule has 0 unspecified atom stereocenters. The number of nitrogens with zero attached hydrogens (tertiary/aromatic N) is 1. The van der Waals surface area contributed by atoms with Crippen molar-refractivity contribution in [3.63, 3.8) is 0 Å². The molecule has 1 rings (SSSR count). The van der Waals surface area contributed by atoms with Crippen molar-refractivity contribution < 1.29 is 13.2 Å². The first-order valence-corrected chi connectivity index (χ1v) is 9.94. The number of hydrogen-bond acceptors (Lipinski definition) is 4. The van der Waals surface area contributed by atoms with Crippen molar-refractivity contribution in [2.45, 2.75) is 27.3 Å². The molecule has 1 aromatic carbocycles. The molecule has 24 heavy (non-hydrogen) atoms. The van der Waals surface area contributed by atoms with Crippen molar-refractivity contribution >= 4 is 16.0 Å². The fourth-order valence-corrected chi connectivity index (χ4v) is 2.48. The van der Waals surface area contributed by atoms with E-state index in [4.69, 9.17) is 4.74 Å². The highest BCUT2D eigenvalue weighted by Gasteiger charge is 2.05. The molecule has 0 amide bonds. The van der Waals surface area contributed by atoms with Crippen molar-refractivity contribution in [2.24, 2.45) is 4.99 Å². The monoisotopic (exact) mass is 356 g/mol. The predicted molar refractivity (Wildman–Crippen MR) is 98.0 cm³/mol. The Morgan fingerprint density at radius 3 is 2.58 bits per heavy atom. The van der Waals surface area contributed by atoms with E-state index in [0.29, 0.717) is 32.2 Å². The van der Waals surface area contributed by atoms with Gasteiger partial charge in [-0.3, -0.25) is 0 Å². The SMILES string of the molecule is CCNC(=NCc1ccc(C)cc1OCC)NCCNS(C)(=O)=O. The molecule has 0 heterocycles. The molecule has 0 atom stereocenters. The highest BCUT2D eigenvalue weighted by molar-refractivity contribution is 7.88. The van der Waals surface area contributed by atoms with Crippen LogP contribution in [-0.4, -0.2) is 46.9 Å². The lowest BCUT2D eigenvalue weighted by molar-refractivity contribution is 0.336. The van der Waals surface area contributed by atoms with Crippen LogP contribution in [0, 0.1) is 6.92 Å². The summed E-state index contributed by atoms with van der Waals surface area (Å²) in [6.07, 6.45) is 1.14. The lowest BCUT2D eigenvalue weighted by Gasteiger charge is -2.13. The zero-order valence-electron chi connectivity index (χ0n) is 14.8. The van der Waals surface area contributed by atoms with Gasteiger partial charge in [0, 0.05) is 25.2 Å². The summed E-state index contributed by atoms with van der Waals surface area (Å²) in [5.74, 6) is 1.48. The number of nitrogens with one attached hydrogen (secondary N) is 3. The fourth-order valence-electron chi connectivity index (χ4n) is 2.01. The molecular formula is C16H28N4O3S. The van der Waals surface area contributed by atoms with Gasteiger partial charge >= 0.3 is 0 Å². The van der Waals surface area contributed by atoms with Crippen LogP contribution in [-0.2, 0) is 16.6 Å². The molecule has 8 heteroatoms. The molecule has 0 radical (unpaired) electrons. The number of ether oxygens (including phenoxy) is 1. The van der Waals surface area contributed by atoms with Gasteiger partial charge in [0.2, 0.25) is 10.0 Å². The van der Waals surface area contributed by atoms with Crippen LogP contribution in [0.25, 0.3) is 0 Å². The minimum Gasteiger partial charge on any atom is -0.494 e. The summed E-state index contributed by atoms with van der Waals surface area (Å²) >= 11 is 0. The second-order valence-electron chi connectivity index (χ2n) is 5.33. The Hall–Kier alpha value is -1.80. The minimum atomic E-state index is -3.17. The Kier molecular flexibility index (Phi) is 8.56. The van der Waals surface area contributed by atoms with Crippen LogP contribution in [0.1, 0.15) is 25.0 Å². The molecule has 7 nitrogen and oxygen atoms in total. The molecule has 0 spiro atoms. The van der Waals surface area contributed by atoms with Crippen molar-refractivity contribution in [3.05, 3.63) is 29.3 Å². The number of sulfonamides is 1. The maximum Gasteiger partial charge on any atom is 0.208 e. The van der Waals surface area contributed by atoms with Gasteiger partial charge in [0.25, 0.3) is 0 Å². The number of benzene rings is 1. The summed E-state index contributed by atoms with van der Waals surface area (Å²) in [7, 11) is -3.17. The molecule has 0 aromatic heterocycles. The third kappa shape index (κ3) is 8.16. The zero-order valence-corrected chi connectivity index (χ0v) is 15.7. The molecule has 3 N–H and O–H groups in total. The van der Waals surface area contributed by atoms with Gasteiger partial charge < -0.3 is 15.4 Å². The van der Waals surface area contributed by atoms with Crippen molar-refractivity contribution in [2.75, 3.05) is 32.5 Å². The normalized spacial score (nSPS) is 12.1. The lowest BCUT2D eigenvalue weighted by atomic mass is 10.1. The average Bonchev–Trinajstić information content (AvgIpc) is 2.50. The standard InChI is InChI=1S/C16H28N4O3S/c1-5-17-16(18-9-10-20-24(4,21)22)19-12-14-8-7-13(3)11-15(14)23-6-2/h7-8,11,20H,5-6,9-10,12H2,1-4H3,(H2,17,18,19). The van der Waals surface area contributed by atoms with Crippen molar-refractivity contribution in [1.82, 2.24) is 15.4 Å². The third-order valence-corrected chi connectivity index (χ3v) is 3.78. The molecule has 0 aliphatic carbocycles. The maximum absolute atomic E-state index is 11.0. The first kappa shape index (κ1) is 20.2. The summed E-state index contributed by atoms with van der Waals surface area (Å²) in [4.78, 5) is 4.53. The first-order chi connectivity index (χ1) is 11.4. The molecule has 1 aromatic rings. The molecule has 0 bridgehead atoms. The summed E-state index contributed by atoms with van der Waals surface area (Å²) < 4.78 is 30.2. The summed E-state index contributed by atoms with van der Waals surface area (Å²) in [5.41, 5.74) is 2.15. The predicted octanol–water partition coefficient (Wildman–Crippen LogP) is 0.998. The minimum absolute atomic E-state index is 0.304. The van der Waals surface area contributed by atoms with Crippen LogP contribution in [0.5, 0.6) is 5.75 Å². The molecule has 0 saturated carbocycles. The molecular weight excluding hydrogens is 328 g/mol. The number of guanidine groups is 1. The highest BCUT2D eigenvalue weighted by Crippen LogP contribution is 2.21. The van der Waals surface area contributed by atoms with E-state index >= 15 is 0 Å². The largest absolute Gasteiger partial charge is 0.494 e. The smallest absolute Gasteiger partial charge is 0.208 e. The average molecular weight is 356 g/mol. The zero-order chi connectivity index (χ0) is 18.0. The van der Waals surface area contributed by atoms with E-state index in [9.17, 15) is 8.42 Å². The Labute approximate surface area is 145 Å². The molecule has 0 saturated heterocycles. The molecule has 136 valence electrons. The van der Waals surface area contributed by atoms with E-state index < -0.39 is 10.0 Å². The molecule has 0 aliphatic rings. The van der Waals surface area contributed by atoms with Gasteiger partial charge in [0.15, 0.2) is 5.96 Å². The maximum atomic E-state index is 11.0. The number of rotatable bonds is 9. The van der Waals surface area contributed by atoms with E-state index in [0.717, 1.165) is 29.7 Å². The number of aryl methyl sites for hydroxylation is 1. The Morgan fingerprint density at radius 2 is 1.96 bits per heavy atom. The van der Waals surface area contributed by atoms with Crippen LogP contribution in [0.15, 0.2) is 23.2 Å². The molecule has 0 aliphatic heterocycles. The Bertz CT molecular complexity index is 645. The van der Waals surface area contributed by atoms with Gasteiger partial charge in [-0.05, 0) is 32.4 Å². The van der Waals surface area contributed by atoms with Crippen molar-refractivity contribution in [3.8, 4) is 5.75 Å². The fraction of sp³-hybridized carbons (Fsp3) is 0.562. The van der Waals surface area contributed by atoms with Crippen LogP contribution >= 0.6 is 0 Å². The second kappa shape index (κ2) is 10.1. The van der Waals surface area contributed by atoms with E-state index in [-0.39, 0.29) is 0 Å². The van der Waals surface area contributed by atoms with Gasteiger partial charge in [-0.1, -0.05) is 12.1 Å². The summed E-state index contributed by atoms with van der Waals surface area (Å²) in [6.45, 7) is 8.51. The first-order valence-electron chi connectivity index (χ1n) is 8.04. The van der Waals surface area contributed by atoms with Gasteiger partial charge in [-0.15, -0.1) is 0 Å². The van der Waals surface area contributed by atoms with Gasteiger partial charge in [-0.25, -0.2) is 18.1 Å². The van der Waals surface area contributed by atoms with E-state index in [1.54, 1.807) is 0 Å².